The summed E-state index contributed by atoms with van der Waals surface area (Å²) in [4.78, 5) is 42.4. The number of hydrogen-bond donors (Lipinski definition) is 3. The van der Waals surface area contributed by atoms with Crippen LogP contribution in [0.3, 0.4) is 0 Å². The van der Waals surface area contributed by atoms with E-state index in [0.717, 1.165) is 0 Å². The molecule has 9 heteroatoms. The van der Waals surface area contributed by atoms with Crippen LogP contribution in [-0.4, -0.2) is 49.2 Å². The van der Waals surface area contributed by atoms with E-state index in [1.54, 1.807) is 0 Å². The average molecular weight is 216 g/mol. The smallest absolute Gasteiger partial charge is 0.300 e. The van der Waals surface area contributed by atoms with Gasteiger partial charge in [-0.05, 0) is 0 Å². The van der Waals surface area contributed by atoms with Gasteiger partial charge in [-0.1, -0.05) is 0 Å². The number of aromatic nitrogens is 4. The molecule has 0 unspecified atom stereocenters. The molecule has 0 atom stereocenters. The Morgan fingerprint density at radius 2 is 1.80 bits per heavy atom. The van der Waals surface area contributed by atoms with E-state index >= 15 is 0 Å². The monoisotopic (exact) mass is 216 g/mol. The SMILES string of the molecule is [C-]#[N+]n1c(=O)[nH]c2[nH]c(=O)[nH]c2c1=O.[Na]. The molecule has 71 valence electrons. The quantitative estimate of drug-likeness (QED) is 0.350. The summed E-state index contributed by atoms with van der Waals surface area (Å²) in [6.07, 6.45) is 0. The van der Waals surface area contributed by atoms with Crippen LogP contribution in [0.25, 0.3) is 16.1 Å². The first-order valence-corrected chi connectivity index (χ1v) is 3.48. The largest absolute Gasteiger partial charge is 0.398 e. The summed E-state index contributed by atoms with van der Waals surface area (Å²) in [6, 6.07) is 0. The van der Waals surface area contributed by atoms with Crippen LogP contribution >= 0.6 is 0 Å². The van der Waals surface area contributed by atoms with Crippen molar-refractivity contribution >= 4 is 40.7 Å². The minimum Gasteiger partial charge on any atom is -0.300 e. The van der Waals surface area contributed by atoms with Crippen LogP contribution in [0.15, 0.2) is 14.4 Å². The van der Waals surface area contributed by atoms with Crippen molar-refractivity contribution in [2.24, 2.45) is 0 Å². The van der Waals surface area contributed by atoms with Crippen molar-refractivity contribution < 1.29 is 0 Å². The second kappa shape index (κ2) is 3.90. The van der Waals surface area contributed by atoms with E-state index in [1.807, 2.05) is 0 Å². The Kier molecular flexibility index (Phi) is 2.99. The minimum absolute atomic E-state index is 0. The summed E-state index contributed by atoms with van der Waals surface area (Å²) in [6.45, 7) is 6.57. The van der Waals surface area contributed by atoms with Gasteiger partial charge in [0.15, 0.2) is 5.52 Å². The second-order valence-corrected chi connectivity index (χ2v) is 2.48. The van der Waals surface area contributed by atoms with Crippen molar-refractivity contribution in [3.8, 4) is 0 Å². The first-order chi connectivity index (χ1) is 6.63. The fourth-order valence-electron chi connectivity index (χ4n) is 1.09. The van der Waals surface area contributed by atoms with Crippen molar-refractivity contribution in [3.63, 3.8) is 0 Å². The topological polar surface area (TPSA) is 108 Å². The predicted molar refractivity (Wildman–Crippen MR) is 51.6 cm³/mol. The number of rotatable bonds is 0. The fraction of sp³-hybridized carbons (Fsp3) is 0. The van der Waals surface area contributed by atoms with Crippen LogP contribution in [0.4, 0.5) is 0 Å². The number of nitrogens with zero attached hydrogens (tertiary/aromatic N) is 2. The maximum Gasteiger partial charge on any atom is 0.398 e. The fourth-order valence-corrected chi connectivity index (χ4v) is 1.09. The molecule has 0 spiro atoms. The van der Waals surface area contributed by atoms with E-state index < -0.39 is 16.9 Å². The molecule has 0 aliphatic carbocycles. The molecular formula is C6H3N5NaO3. The van der Waals surface area contributed by atoms with Gasteiger partial charge >= 0.3 is 16.9 Å². The third kappa shape index (κ3) is 1.68. The summed E-state index contributed by atoms with van der Waals surface area (Å²) >= 11 is 0. The molecule has 2 aromatic heterocycles. The Bertz CT molecular complexity index is 711. The van der Waals surface area contributed by atoms with Crippen molar-refractivity contribution in [2.75, 3.05) is 0 Å². The van der Waals surface area contributed by atoms with Crippen molar-refractivity contribution in [2.45, 2.75) is 0 Å². The third-order valence-corrected chi connectivity index (χ3v) is 1.66. The molecule has 0 aliphatic rings. The summed E-state index contributed by atoms with van der Waals surface area (Å²) in [5.41, 5.74) is -2.48. The number of aromatic amines is 3. The molecule has 0 aromatic carbocycles. The van der Waals surface area contributed by atoms with E-state index in [2.05, 4.69) is 19.9 Å². The molecule has 0 saturated heterocycles. The number of H-pyrrole nitrogens is 3. The number of nitrogens with one attached hydrogen (secondary N) is 3. The molecular weight excluding hydrogens is 213 g/mol. The zero-order chi connectivity index (χ0) is 10.3. The van der Waals surface area contributed by atoms with E-state index in [0.29, 0.717) is 4.68 Å². The minimum atomic E-state index is -0.882. The summed E-state index contributed by atoms with van der Waals surface area (Å²) in [5.74, 6) is 0. The summed E-state index contributed by atoms with van der Waals surface area (Å²) in [5, 5.41) is 0. The van der Waals surface area contributed by atoms with Gasteiger partial charge in [-0.15, -0.1) is 4.95 Å². The van der Waals surface area contributed by atoms with Gasteiger partial charge in [-0.2, -0.15) is 6.57 Å². The van der Waals surface area contributed by atoms with Crippen LogP contribution < -0.4 is 16.9 Å². The molecule has 0 amide bonds. The van der Waals surface area contributed by atoms with Gasteiger partial charge in [0.25, 0.3) is 0 Å². The van der Waals surface area contributed by atoms with Crippen LogP contribution in [0.5, 0.6) is 0 Å². The molecule has 0 bridgehead atoms. The number of hydrogen-bond acceptors (Lipinski definition) is 3. The second-order valence-electron chi connectivity index (χ2n) is 2.48. The molecule has 0 fully saturated rings. The van der Waals surface area contributed by atoms with Crippen molar-refractivity contribution in [1.29, 1.82) is 0 Å². The third-order valence-electron chi connectivity index (χ3n) is 1.66. The summed E-state index contributed by atoms with van der Waals surface area (Å²) < 4.78 is 0.298. The Morgan fingerprint density at radius 1 is 1.13 bits per heavy atom. The van der Waals surface area contributed by atoms with Gasteiger partial charge in [0, 0.05) is 29.6 Å². The van der Waals surface area contributed by atoms with Gasteiger partial charge in [-0.25, -0.2) is 9.59 Å². The van der Waals surface area contributed by atoms with Crippen molar-refractivity contribution in [1.82, 2.24) is 19.6 Å². The molecule has 8 nitrogen and oxygen atoms in total. The van der Waals surface area contributed by atoms with Gasteiger partial charge in [0.2, 0.25) is 0 Å². The molecule has 2 heterocycles. The van der Waals surface area contributed by atoms with Crippen LogP contribution in [0.2, 0.25) is 0 Å². The van der Waals surface area contributed by atoms with Gasteiger partial charge < -0.3 is 0 Å². The van der Waals surface area contributed by atoms with Gasteiger partial charge in [0.05, 0.1) is 4.68 Å². The van der Waals surface area contributed by atoms with E-state index in [4.69, 9.17) is 6.57 Å². The van der Waals surface area contributed by atoms with Crippen LogP contribution in [0.1, 0.15) is 0 Å². The number of imidazole rings is 1. The molecule has 0 aliphatic heterocycles. The average Bonchev–Trinajstić information content (AvgIpc) is 2.47. The maximum atomic E-state index is 11.3. The molecule has 1 radical (unpaired) electrons. The van der Waals surface area contributed by atoms with E-state index in [9.17, 15) is 14.4 Å². The standard InChI is InChI=1S/C6H3N5O3.Na/c1-7-11-4(12)2-3(10-6(11)14)9-5(13)8-2;/h(H,10,14)(H2,8,9,13);. The molecule has 3 N–H and O–H groups in total. The maximum absolute atomic E-state index is 11.3. The Morgan fingerprint density at radius 3 is 2.40 bits per heavy atom. The molecule has 15 heavy (non-hydrogen) atoms. The normalized spacial score (nSPS) is 9.53. The Balaban J connectivity index is 0.00000112. The molecule has 2 aromatic rings. The zero-order valence-corrected chi connectivity index (χ0v) is 9.62. The van der Waals surface area contributed by atoms with E-state index in [1.165, 1.54) is 0 Å². The first-order valence-electron chi connectivity index (χ1n) is 3.48. The zero-order valence-electron chi connectivity index (χ0n) is 7.62. The van der Waals surface area contributed by atoms with Gasteiger partial charge in [-0.3, -0.25) is 19.7 Å². The van der Waals surface area contributed by atoms with Crippen molar-refractivity contribution in [3.05, 3.63) is 42.8 Å². The van der Waals surface area contributed by atoms with E-state index in [-0.39, 0.29) is 40.7 Å². The number of fused-ring (bicyclic) bond motifs is 1. The predicted octanol–water partition coefficient (Wildman–Crippen LogP) is -1.99. The van der Waals surface area contributed by atoms with Crippen LogP contribution in [-0.2, 0) is 0 Å². The Labute approximate surface area is 103 Å². The first kappa shape index (κ1) is 11.5. The van der Waals surface area contributed by atoms with Gasteiger partial charge in [0.1, 0.15) is 5.65 Å². The summed E-state index contributed by atoms with van der Waals surface area (Å²) in [7, 11) is 0. The van der Waals surface area contributed by atoms with Crippen LogP contribution in [0, 0.1) is 6.57 Å². The molecule has 2 rings (SSSR count). The Hall–Kier alpha value is -1.56. The molecule has 0 saturated carbocycles.